The predicted octanol–water partition coefficient (Wildman–Crippen LogP) is 2.93. The average Bonchev–Trinajstić information content (AvgIpc) is 2.64. The molecule has 0 bridgehead atoms. The molecule has 1 aromatic rings. The molecule has 0 spiro atoms. The van der Waals surface area contributed by atoms with Crippen LogP contribution in [0.15, 0.2) is 24.3 Å². The van der Waals surface area contributed by atoms with Crippen molar-refractivity contribution in [2.75, 3.05) is 26.7 Å². The van der Waals surface area contributed by atoms with E-state index in [1.807, 2.05) is 12.1 Å². The predicted molar refractivity (Wildman–Crippen MR) is 100 cm³/mol. The summed E-state index contributed by atoms with van der Waals surface area (Å²) in [6.45, 7) is 3.52. The van der Waals surface area contributed by atoms with E-state index >= 15 is 0 Å². The lowest BCUT2D eigenvalue weighted by molar-refractivity contribution is 0.163. The topological polar surface area (TPSA) is 56.8 Å². The Hall–Kier alpha value is -1.37. The van der Waals surface area contributed by atoms with E-state index in [9.17, 15) is 0 Å². The number of ether oxygens (including phenoxy) is 1. The van der Waals surface area contributed by atoms with E-state index in [2.05, 4.69) is 27.8 Å². The van der Waals surface area contributed by atoms with Crippen molar-refractivity contribution < 1.29 is 9.94 Å². The first-order chi connectivity index (χ1) is 11.7. The van der Waals surface area contributed by atoms with Gasteiger partial charge in [0.15, 0.2) is 5.11 Å². The molecule has 5 nitrogen and oxygen atoms in total. The third-order valence-electron chi connectivity index (χ3n) is 4.66. The molecular weight excluding hydrogens is 322 g/mol. The van der Waals surface area contributed by atoms with Crippen LogP contribution >= 0.6 is 12.2 Å². The van der Waals surface area contributed by atoms with Crippen LogP contribution in [0.1, 0.15) is 37.7 Å². The lowest BCUT2D eigenvalue weighted by Crippen LogP contribution is -2.44. The van der Waals surface area contributed by atoms with Crippen LogP contribution in [-0.2, 0) is 6.54 Å². The van der Waals surface area contributed by atoms with Crippen molar-refractivity contribution in [3.8, 4) is 5.75 Å². The number of piperidine rings is 1. The monoisotopic (exact) mass is 351 g/mol. The van der Waals surface area contributed by atoms with Gasteiger partial charge in [-0.3, -0.25) is 0 Å². The highest BCUT2D eigenvalue weighted by molar-refractivity contribution is 7.80. The molecule has 2 rings (SSSR count). The fraction of sp³-hybridized carbons (Fsp3) is 0.611. The highest BCUT2D eigenvalue weighted by Gasteiger charge is 2.20. The van der Waals surface area contributed by atoms with E-state index in [1.165, 1.54) is 31.2 Å². The molecule has 1 saturated heterocycles. The Labute approximate surface area is 150 Å². The smallest absolute Gasteiger partial charge is 0.169 e. The molecule has 1 aliphatic rings. The van der Waals surface area contributed by atoms with Gasteiger partial charge in [-0.05, 0) is 55.1 Å². The van der Waals surface area contributed by atoms with Gasteiger partial charge in [-0.25, -0.2) is 5.48 Å². The molecule has 0 saturated carbocycles. The summed E-state index contributed by atoms with van der Waals surface area (Å²) < 4.78 is 5.17. The summed E-state index contributed by atoms with van der Waals surface area (Å²) in [6.07, 6.45) is 5.88. The number of unbranched alkanes of at least 4 members (excludes halogenated alkanes) is 1. The quantitative estimate of drug-likeness (QED) is 0.380. The first-order valence-corrected chi connectivity index (χ1v) is 9.16. The van der Waals surface area contributed by atoms with Gasteiger partial charge in [0.25, 0.3) is 0 Å². The van der Waals surface area contributed by atoms with E-state index in [4.69, 9.17) is 22.2 Å². The molecule has 0 aromatic heterocycles. The molecule has 1 aromatic carbocycles. The Bertz CT molecular complexity index is 488. The molecule has 3 N–H and O–H groups in total. The van der Waals surface area contributed by atoms with Crippen LogP contribution in [0.5, 0.6) is 5.75 Å². The lowest BCUT2D eigenvalue weighted by Gasteiger charge is -2.34. The third kappa shape index (κ3) is 6.26. The van der Waals surface area contributed by atoms with Gasteiger partial charge >= 0.3 is 0 Å². The summed E-state index contributed by atoms with van der Waals surface area (Å²) in [5.41, 5.74) is 3.42. The highest BCUT2D eigenvalue weighted by Crippen LogP contribution is 2.22. The number of nitrogens with one attached hydrogen (secondary N) is 2. The van der Waals surface area contributed by atoms with Crippen molar-refractivity contribution in [3.63, 3.8) is 0 Å². The minimum absolute atomic E-state index is 0.693. The second kappa shape index (κ2) is 10.5. The van der Waals surface area contributed by atoms with Crippen molar-refractivity contribution in [1.82, 2.24) is 15.7 Å². The van der Waals surface area contributed by atoms with Crippen LogP contribution in [0.2, 0.25) is 0 Å². The van der Waals surface area contributed by atoms with Crippen molar-refractivity contribution in [2.45, 2.75) is 38.6 Å². The molecule has 1 heterocycles. The Morgan fingerprint density at radius 1 is 1.25 bits per heavy atom. The largest absolute Gasteiger partial charge is 0.497 e. The number of methoxy groups -OCH3 is 1. The van der Waals surface area contributed by atoms with Crippen molar-refractivity contribution in [2.24, 2.45) is 5.92 Å². The molecule has 1 aliphatic heterocycles. The molecule has 0 radical (unpaired) electrons. The lowest BCUT2D eigenvalue weighted by atomic mass is 9.92. The van der Waals surface area contributed by atoms with E-state index < -0.39 is 0 Å². The van der Waals surface area contributed by atoms with Crippen LogP contribution in [0.25, 0.3) is 0 Å². The zero-order valence-corrected chi connectivity index (χ0v) is 15.3. The fourth-order valence-electron chi connectivity index (χ4n) is 3.09. The number of nitrogens with zero attached hydrogens (tertiary/aromatic N) is 1. The second-order valence-electron chi connectivity index (χ2n) is 6.34. The van der Waals surface area contributed by atoms with E-state index in [-0.39, 0.29) is 0 Å². The number of likely N-dealkylation sites (tertiary alicyclic amines) is 1. The van der Waals surface area contributed by atoms with Gasteiger partial charge in [0.2, 0.25) is 0 Å². The number of benzene rings is 1. The normalized spacial score (nSPS) is 15.3. The first kappa shape index (κ1) is 19.0. The minimum Gasteiger partial charge on any atom is -0.497 e. The Balaban J connectivity index is 1.65. The summed E-state index contributed by atoms with van der Waals surface area (Å²) in [6, 6.07) is 8.06. The van der Waals surface area contributed by atoms with Crippen molar-refractivity contribution >= 4 is 17.3 Å². The summed E-state index contributed by atoms with van der Waals surface area (Å²) in [5.74, 6) is 1.67. The average molecular weight is 352 g/mol. The number of rotatable bonds is 8. The van der Waals surface area contributed by atoms with Crippen LogP contribution in [0.3, 0.4) is 0 Å². The fourth-order valence-corrected chi connectivity index (χ4v) is 3.35. The van der Waals surface area contributed by atoms with Crippen LogP contribution in [0, 0.1) is 5.92 Å². The van der Waals surface area contributed by atoms with Gasteiger partial charge in [0.1, 0.15) is 5.75 Å². The molecule has 0 atom stereocenters. The molecule has 1 fully saturated rings. The SMILES string of the molecule is COc1ccc(CNC(=S)N2CCC(CCCCNO)CC2)cc1. The van der Waals surface area contributed by atoms with Gasteiger partial charge in [-0.1, -0.05) is 25.0 Å². The standard InChI is InChI=1S/C18H29N3O2S/c1-23-17-7-5-16(6-8-17)14-19-18(24)21-12-9-15(10-13-21)4-2-3-11-20-22/h5-8,15,20,22H,2-4,9-14H2,1H3,(H,19,24). The Kier molecular flexibility index (Phi) is 8.28. The summed E-state index contributed by atoms with van der Waals surface area (Å²) in [5, 5.41) is 12.8. The van der Waals surface area contributed by atoms with Gasteiger partial charge < -0.3 is 20.2 Å². The summed E-state index contributed by atoms with van der Waals surface area (Å²) in [4.78, 5) is 2.28. The van der Waals surface area contributed by atoms with Gasteiger partial charge in [0, 0.05) is 26.2 Å². The van der Waals surface area contributed by atoms with E-state index in [0.717, 1.165) is 42.8 Å². The summed E-state index contributed by atoms with van der Waals surface area (Å²) >= 11 is 5.54. The first-order valence-electron chi connectivity index (χ1n) is 8.75. The maximum atomic E-state index is 8.57. The number of hydroxylamine groups is 1. The van der Waals surface area contributed by atoms with Crippen molar-refractivity contribution in [1.29, 1.82) is 0 Å². The molecule has 134 valence electrons. The van der Waals surface area contributed by atoms with Crippen molar-refractivity contribution in [3.05, 3.63) is 29.8 Å². The third-order valence-corrected chi connectivity index (χ3v) is 5.06. The number of thiocarbonyl (C=S) groups is 1. The van der Waals surface area contributed by atoms with E-state index in [0.29, 0.717) is 6.54 Å². The number of hydrogen-bond donors (Lipinski definition) is 3. The van der Waals surface area contributed by atoms with Gasteiger partial charge in [0.05, 0.1) is 7.11 Å². The maximum absolute atomic E-state index is 8.57. The zero-order valence-electron chi connectivity index (χ0n) is 14.5. The van der Waals surface area contributed by atoms with E-state index in [1.54, 1.807) is 7.11 Å². The molecule has 0 amide bonds. The van der Waals surface area contributed by atoms with Crippen LogP contribution < -0.4 is 15.5 Å². The Morgan fingerprint density at radius 2 is 1.96 bits per heavy atom. The Morgan fingerprint density at radius 3 is 2.58 bits per heavy atom. The maximum Gasteiger partial charge on any atom is 0.169 e. The molecule has 0 unspecified atom stereocenters. The zero-order chi connectivity index (χ0) is 17.2. The van der Waals surface area contributed by atoms with Gasteiger partial charge in [-0.15, -0.1) is 0 Å². The summed E-state index contributed by atoms with van der Waals surface area (Å²) in [7, 11) is 1.68. The highest BCUT2D eigenvalue weighted by atomic mass is 32.1. The molecule has 24 heavy (non-hydrogen) atoms. The minimum atomic E-state index is 0.693. The molecule has 6 heteroatoms. The van der Waals surface area contributed by atoms with Gasteiger partial charge in [-0.2, -0.15) is 0 Å². The molecular formula is C18H29N3O2S. The van der Waals surface area contributed by atoms with Crippen LogP contribution in [-0.4, -0.2) is 42.0 Å². The number of hydrogen-bond acceptors (Lipinski definition) is 4. The second-order valence-corrected chi connectivity index (χ2v) is 6.73. The molecule has 0 aliphatic carbocycles. The van der Waals surface area contributed by atoms with Crippen LogP contribution in [0.4, 0.5) is 0 Å².